The Morgan fingerprint density at radius 1 is 1.38 bits per heavy atom. The molecule has 4 nitrogen and oxygen atoms in total. The Hall–Kier alpha value is -1.84. The normalized spacial score (nSPS) is 10.4. The van der Waals surface area contributed by atoms with Crippen molar-refractivity contribution in [3.8, 4) is 0 Å². The van der Waals surface area contributed by atoms with Gasteiger partial charge in [-0.05, 0) is 17.7 Å². The molecule has 0 bridgehead atoms. The van der Waals surface area contributed by atoms with Crippen LogP contribution in [-0.2, 0) is 9.53 Å². The highest BCUT2D eigenvalue weighted by molar-refractivity contribution is 5.82. The summed E-state index contributed by atoms with van der Waals surface area (Å²) < 4.78 is 4.48. The molecule has 0 aliphatic heterocycles. The zero-order valence-electron chi connectivity index (χ0n) is 9.80. The molecule has 4 heteroatoms. The maximum Gasteiger partial charge on any atom is 0.327 e. The van der Waals surface area contributed by atoms with Gasteiger partial charge >= 0.3 is 5.97 Å². The number of aliphatic imine (C=N–C) groups is 1. The first-order chi connectivity index (χ1) is 7.63. The number of carbonyl (C=O) groups excluding carboxylic acids is 1. The van der Waals surface area contributed by atoms with Crippen LogP contribution in [0.2, 0.25) is 0 Å². The van der Waals surface area contributed by atoms with E-state index < -0.39 is 0 Å². The molecule has 0 aliphatic rings. The summed E-state index contributed by atoms with van der Waals surface area (Å²) in [4.78, 5) is 16.8. The number of carbonyl (C=O) groups is 1. The van der Waals surface area contributed by atoms with Gasteiger partial charge in [0.15, 0.2) is 0 Å². The fourth-order valence-corrected chi connectivity index (χ4v) is 1.15. The highest BCUT2D eigenvalue weighted by atomic mass is 16.5. The number of hydrogen-bond acceptors (Lipinski definition) is 4. The first-order valence-electron chi connectivity index (χ1n) is 4.97. The number of benzene rings is 1. The van der Waals surface area contributed by atoms with E-state index in [9.17, 15) is 4.79 Å². The third-order valence-electron chi connectivity index (χ3n) is 2.10. The Bertz CT molecular complexity index is 369. The van der Waals surface area contributed by atoms with Gasteiger partial charge in [-0.3, -0.25) is 9.79 Å². The number of esters is 1. The summed E-state index contributed by atoms with van der Waals surface area (Å²) in [6, 6.07) is 7.91. The van der Waals surface area contributed by atoms with Crippen LogP contribution < -0.4 is 4.90 Å². The van der Waals surface area contributed by atoms with Crippen LogP contribution in [0.3, 0.4) is 0 Å². The molecule has 0 heterocycles. The lowest BCUT2D eigenvalue weighted by molar-refractivity contribution is -0.138. The van der Waals surface area contributed by atoms with E-state index in [0.717, 1.165) is 11.3 Å². The number of nitrogens with zero attached hydrogens (tertiary/aromatic N) is 2. The predicted molar refractivity (Wildman–Crippen MR) is 65.2 cm³/mol. The average Bonchev–Trinajstić information content (AvgIpc) is 2.29. The van der Waals surface area contributed by atoms with E-state index in [1.165, 1.54) is 7.11 Å². The van der Waals surface area contributed by atoms with Gasteiger partial charge in [0.2, 0.25) is 0 Å². The van der Waals surface area contributed by atoms with Crippen LogP contribution in [0, 0.1) is 0 Å². The molecule has 0 aliphatic carbocycles. The van der Waals surface area contributed by atoms with Crippen molar-refractivity contribution in [2.45, 2.75) is 0 Å². The van der Waals surface area contributed by atoms with E-state index in [4.69, 9.17) is 0 Å². The summed E-state index contributed by atoms with van der Waals surface area (Å²) >= 11 is 0. The Morgan fingerprint density at radius 2 is 2.00 bits per heavy atom. The molecule has 16 heavy (non-hydrogen) atoms. The van der Waals surface area contributed by atoms with Crippen molar-refractivity contribution >= 4 is 17.9 Å². The summed E-state index contributed by atoms with van der Waals surface area (Å²) in [5.74, 6) is -0.332. The Morgan fingerprint density at radius 3 is 2.50 bits per heavy atom. The fourth-order valence-electron chi connectivity index (χ4n) is 1.15. The molecule has 0 radical (unpaired) electrons. The summed E-state index contributed by atoms with van der Waals surface area (Å²) in [5, 5.41) is 0. The second kappa shape index (κ2) is 5.90. The van der Waals surface area contributed by atoms with Gasteiger partial charge in [0.25, 0.3) is 0 Å². The number of anilines is 1. The molecule has 1 rings (SSSR count). The minimum atomic E-state index is -0.332. The van der Waals surface area contributed by atoms with Crippen LogP contribution in [0.4, 0.5) is 5.69 Å². The Kier molecular flexibility index (Phi) is 4.51. The third-order valence-corrected chi connectivity index (χ3v) is 2.10. The minimum absolute atomic E-state index is 0.0614. The highest BCUT2D eigenvalue weighted by Gasteiger charge is 1.96. The molecule has 0 spiro atoms. The van der Waals surface area contributed by atoms with Crippen molar-refractivity contribution in [1.82, 2.24) is 0 Å². The smallest absolute Gasteiger partial charge is 0.327 e. The quantitative estimate of drug-likeness (QED) is 0.568. The van der Waals surface area contributed by atoms with Gasteiger partial charge in [0.1, 0.15) is 6.54 Å². The number of ether oxygens (including phenoxy) is 1. The van der Waals surface area contributed by atoms with E-state index in [1.807, 2.05) is 43.3 Å². The van der Waals surface area contributed by atoms with Crippen LogP contribution in [0.15, 0.2) is 29.3 Å². The standard InChI is InChI=1S/C12H16N2O2/c1-14(2)11-6-4-10(5-7-11)8-13-9-12(15)16-3/h4-8H,9H2,1-3H3. The zero-order valence-corrected chi connectivity index (χ0v) is 9.80. The van der Waals surface area contributed by atoms with E-state index in [0.29, 0.717) is 0 Å². The first-order valence-corrected chi connectivity index (χ1v) is 4.97. The number of hydrogen-bond donors (Lipinski definition) is 0. The molecule has 86 valence electrons. The maximum atomic E-state index is 10.8. The van der Waals surface area contributed by atoms with Crippen LogP contribution in [0.5, 0.6) is 0 Å². The topological polar surface area (TPSA) is 41.9 Å². The van der Waals surface area contributed by atoms with E-state index in [1.54, 1.807) is 6.21 Å². The van der Waals surface area contributed by atoms with Gasteiger partial charge in [-0.25, -0.2) is 0 Å². The van der Waals surface area contributed by atoms with Crippen LogP contribution in [-0.4, -0.2) is 39.9 Å². The first kappa shape index (κ1) is 12.2. The van der Waals surface area contributed by atoms with Gasteiger partial charge in [-0.2, -0.15) is 0 Å². The van der Waals surface area contributed by atoms with Crippen LogP contribution in [0.1, 0.15) is 5.56 Å². The van der Waals surface area contributed by atoms with Crippen LogP contribution >= 0.6 is 0 Å². The van der Waals surface area contributed by atoms with Crippen molar-refractivity contribution in [2.75, 3.05) is 32.6 Å². The van der Waals surface area contributed by atoms with Gasteiger partial charge in [0, 0.05) is 26.0 Å². The lowest BCUT2D eigenvalue weighted by Crippen LogP contribution is -2.08. The summed E-state index contributed by atoms with van der Waals surface area (Å²) in [5.41, 5.74) is 2.10. The third kappa shape index (κ3) is 3.73. The maximum absolute atomic E-state index is 10.8. The van der Waals surface area contributed by atoms with Gasteiger partial charge < -0.3 is 9.64 Å². The molecule has 1 aromatic carbocycles. The molecule has 0 N–H and O–H groups in total. The second-order valence-electron chi connectivity index (χ2n) is 3.53. The van der Waals surface area contributed by atoms with Gasteiger partial charge in [-0.15, -0.1) is 0 Å². The number of methoxy groups -OCH3 is 1. The molecular formula is C12H16N2O2. The van der Waals surface area contributed by atoms with Crippen molar-refractivity contribution in [3.63, 3.8) is 0 Å². The zero-order chi connectivity index (χ0) is 12.0. The molecule has 0 amide bonds. The van der Waals surface area contributed by atoms with E-state index in [2.05, 4.69) is 9.73 Å². The summed E-state index contributed by atoms with van der Waals surface area (Å²) in [6.07, 6.45) is 1.66. The van der Waals surface area contributed by atoms with E-state index >= 15 is 0 Å². The summed E-state index contributed by atoms with van der Waals surface area (Å²) in [7, 11) is 5.32. The Balaban J connectivity index is 2.58. The lowest BCUT2D eigenvalue weighted by Gasteiger charge is -2.11. The predicted octanol–water partition coefficient (Wildman–Crippen LogP) is 1.34. The molecule has 0 unspecified atom stereocenters. The molecule has 0 atom stereocenters. The minimum Gasteiger partial charge on any atom is -0.468 e. The van der Waals surface area contributed by atoms with Crippen molar-refractivity contribution in [3.05, 3.63) is 29.8 Å². The fraction of sp³-hybridized carbons (Fsp3) is 0.333. The lowest BCUT2D eigenvalue weighted by atomic mass is 10.2. The monoisotopic (exact) mass is 220 g/mol. The molecule has 0 saturated heterocycles. The van der Waals surface area contributed by atoms with Crippen LogP contribution in [0.25, 0.3) is 0 Å². The molecule has 1 aromatic rings. The molecule has 0 fully saturated rings. The van der Waals surface area contributed by atoms with Crippen molar-refractivity contribution < 1.29 is 9.53 Å². The summed E-state index contributed by atoms with van der Waals surface area (Å²) in [6.45, 7) is 0.0614. The van der Waals surface area contributed by atoms with Crippen molar-refractivity contribution in [1.29, 1.82) is 0 Å². The average molecular weight is 220 g/mol. The SMILES string of the molecule is COC(=O)CN=Cc1ccc(N(C)C)cc1. The highest BCUT2D eigenvalue weighted by Crippen LogP contribution is 2.10. The Labute approximate surface area is 95.6 Å². The molecular weight excluding hydrogens is 204 g/mol. The van der Waals surface area contributed by atoms with E-state index in [-0.39, 0.29) is 12.5 Å². The number of rotatable bonds is 4. The van der Waals surface area contributed by atoms with Gasteiger partial charge in [0.05, 0.1) is 7.11 Å². The van der Waals surface area contributed by atoms with Crippen molar-refractivity contribution in [2.24, 2.45) is 4.99 Å². The molecule has 0 saturated carbocycles. The second-order valence-corrected chi connectivity index (χ2v) is 3.53. The largest absolute Gasteiger partial charge is 0.468 e. The molecule has 0 aromatic heterocycles. The van der Waals surface area contributed by atoms with Gasteiger partial charge in [-0.1, -0.05) is 12.1 Å².